The molecule has 1 heterocycles. The molecule has 4 nitrogen and oxygen atoms in total. The molecule has 4 saturated carbocycles. The summed E-state index contributed by atoms with van der Waals surface area (Å²) >= 11 is 0. The van der Waals surface area contributed by atoms with Crippen LogP contribution in [0.1, 0.15) is 71.6 Å². The molecule has 4 aliphatic carbocycles. The van der Waals surface area contributed by atoms with Crippen molar-refractivity contribution in [3.05, 3.63) is 0 Å². The molecule has 5 fully saturated rings. The van der Waals surface area contributed by atoms with Gasteiger partial charge in [-0.25, -0.2) is 0 Å². The van der Waals surface area contributed by atoms with Crippen molar-refractivity contribution >= 4 is 11.8 Å². The Bertz CT molecular complexity index is 494. The summed E-state index contributed by atoms with van der Waals surface area (Å²) in [6.07, 6.45) is 10.6. The van der Waals surface area contributed by atoms with Crippen LogP contribution in [0, 0.1) is 23.2 Å². The zero-order valence-electron chi connectivity index (χ0n) is 15.2. The molecule has 0 spiro atoms. The number of carbonyl (C=O) groups is 2. The van der Waals surface area contributed by atoms with E-state index < -0.39 is 0 Å². The Labute approximate surface area is 145 Å². The third-order valence-electron chi connectivity index (χ3n) is 7.32. The van der Waals surface area contributed by atoms with Crippen molar-refractivity contribution in [2.45, 2.75) is 83.7 Å². The van der Waals surface area contributed by atoms with E-state index in [1.54, 1.807) is 0 Å². The second-order valence-corrected chi connectivity index (χ2v) is 9.27. The smallest absolute Gasteiger partial charge is 0.245 e. The Kier molecular flexibility index (Phi) is 4.12. The van der Waals surface area contributed by atoms with Gasteiger partial charge in [0.15, 0.2) is 0 Å². The van der Waals surface area contributed by atoms with Crippen LogP contribution in [0.3, 0.4) is 0 Å². The van der Waals surface area contributed by atoms with Crippen LogP contribution in [-0.2, 0) is 9.59 Å². The maximum absolute atomic E-state index is 13.1. The largest absolute Gasteiger partial charge is 0.344 e. The summed E-state index contributed by atoms with van der Waals surface area (Å²) in [6, 6.07) is -0.0730. The molecular weight excluding hydrogens is 300 g/mol. The first-order valence-corrected chi connectivity index (χ1v) is 10.1. The fourth-order valence-corrected chi connectivity index (χ4v) is 6.47. The quantitative estimate of drug-likeness (QED) is 0.863. The number of hydrogen-bond donors (Lipinski definition) is 1. The maximum Gasteiger partial charge on any atom is 0.245 e. The topological polar surface area (TPSA) is 49.4 Å². The van der Waals surface area contributed by atoms with E-state index in [0.29, 0.717) is 6.04 Å². The Morgan fingerprint density at radius 1 is 1.04 bits per heavy atom. The Balaban J connectivity index is 1.41. The number of piperidine rings is 1. The van der Waals surface area contributed by atoms with Gasteiger partial charge in [0.2, 0.25) is 11.8 Å². The number of nitrogens with zero attached hydrogens (tertiary/aromatic N) is 1. The number of rotatable bonds is 3. The van der Waals surface area contributed by atoms with Crippen LogP contribution in [0.25, 0.3) is 0 Å². The molecule has 0 aromatic carbocycles. The van der Waals surface area contributed by atoms with Crippen LogP contribution in [0.2, 0.25) is 0 Å². The number of likely N-dealkylation sites (tertiary alicyclic amines) is 1. The third-order valence-corrected chi connectivity index (χ3v) is 7.32. The molecule has 2 amide bonds. The lowest BCUT2D eigenvalue weighted by Gasteiger charge is -2.55. The van der Waals surface area contributed by atoms with E-state index in [9.17, 15) is 9.59 Å². The lowest BCUT2D eigenvalue weighted by Crippen LogP contribution is -2.58. The molecule has 0 unspecified atom stereocenters. The minimum atomic E-state index is -0.383. The van der Waals surface area contributed by atoms with Crippen LogP contribution < -0.4 is 5.32 Å². The number of carbonyl (C=O) groups excluding carboxylic acids is 2. The van der Waals surface area contributed by atoms with Gasteiger partial charge in [0, 0.05) is 18.0 Å². The van der Waals surface area contributed by atoms with E-state index in [0.717, 1.165) is 56.4 Å². The van der Waals surface area contributed by atoms with Gasteiger partial charge in [-0.15, -0.1) is 0 Å². The van der Waals surface area contributed by atoms with E-state index in [-0.39, 0.29) is 23.3 Å². The van der Waals surface area contributed by atoms with Crippen LogP contribution in [0.4, 0.5) is 0 Å². The Morgan fingerprint density at radius 3 is 2.17 bits per heavy atom. The second-order valence-electron chi connectivity index (χ2n) is 9.27. The highest BCUT2D eigenvalue weighted by Gasteiger charge is 2.54. The monoisotopic (exact) mass is 332 g/mol. The van der Waals surface area contributed by atoms with Crippen LogP contribution in [-0.4, -0.2) is 35.3 Å². The minimum absolute atomic E-state index is 0.111. The van der Waals surface area contributed by atoms with Crippen molar-refractivity contribution in [2.24, 2.45) is 23.2 Å². The van der Waals surface area contributed by atoms with Crippen LogP contribution >= 0.6 is 0 Å². The average molecular weight is 332 g/mol. The van der Waals surface area contributed by atoms with Crippen molar-refractivity contribution in [3.8, 4) is 0 Å². The lowest BCUT2D eigenvalue weighted by atomic mass is 9.49. The van der Waals surface area contributed by atoms with Gasteiger partial charge in [0.05, 0.1) is 0 Å². The van der Waals surface area contributed by atoms with Crippen molar-refractivity contribution in [3.63, 3.8) is 0 Å². The van der Waals surface area contributed by atoms with Crippen molar-refractivity contribution in [1.82, 2.24) is 10.2 Å². The van der Waals surface area contributed by atoms with Crippen LogP contribution in [0.15, 0.2) is 0 Å². The van der Waals surface area contributed by atoms with E-state index in [1.807, 2.05) is 11.8 Å². The number of amides is 2. The van der Waals surface area contributed by atoms with Gasteiger partial charge in [0.1, 0.15) is 6.04 Å². The van der Waals surface area contributed by atoms with Gasteiger partial charge in [-0.05, 0) is 89.4 Å². The number of hydrogen-bond acceptors (Lipinski definition) is 2. The molecule has 24 heavy (non-hydrogen) atoms. The predicted octanol–water partition coefficient (Wildman–Crippen LogP) is 3.11. The summed E-state index contributed by atoms with van der Waals surface area (Å²) in [5.74, 6) is 2.56. The zero-order chi connectivity index (χ0) is 16.9. The predicted molar refractivity (Wildman–Crippen MR) is 93.2 cm³/mol. The highest BCUT2D eigenvalue weighted by atomic mass is 16.2. The molecule has 5 rings (SSSR count). The maximum atomic E-state index is 13.1. The van der Waals surface area contributed by atoms with E-state index in [2.05, 4.69) is 12.2 Å². The number of nitrogens with one attached hydrogen (secondary N) is 1. The summed E-state index contributed by atoms with van der Waals surface area (Å²) in [5, 5.41) is 3.12. The molecule has 0 aromatic heterocycles. The van der Waals surface area contributed by atoms with Gasteiger partial charge in [0.25, 0.3) is 0 Å². The molecule has 4 heteroatoms. The van der Waals surface area contributed by atoms with Gasteiger partial charge in [-0.3, -0.25) is 9.59 Å². The zero-order valence-corrected chi connectivity index (χ0v) is 15.2. The molecule has 1 N–H and O–H groups in total. The fourth-order valence-electron chi connectivity index (χ4n) is 6.47. The summed E-state index contributed by atoms with van der Waals surface area (Å²) < 4.78 is 0. The van der Waals surface area contributed by atoms with E-state index in [4.69, 9.17) is 0 Å². The van der Waals surface area contributed by atoms with Crippen LogP contribution in [0.5, 0.6) is 0 Å². The standard InChI is InChI=1S/C20H32N2O2/c1-13-5-3-4-6-22(13)18(23)14(2)21-19(24)20-10-15-7-16(11-20)9-17(8-15)12-20/h13-17H,3-12H2,1-2H3,(H,21,24)/t13-,14+,15?,16?,17?,20?/m1/s1. The van der Waals surface area contributed by atoms with Gasteiger partial charge in [-0.1, -0.05) is 0 Å². The molecule has 0 radical (unpaired) electrons. The molecular formula is C20H32N2O2. The fraction of sp³-hybridized carbons (Fsp3) is 0.900. The first kappa shape index (κ1) is 16.4. The Morgan fingerprint density at radius 2 is 1.62 bits per heavy atom. The van der Waals surface area contributed by atoms with E-state index >= 15 is 0 Å². The normalized spacial score (nSPS) is 42.0. The highest BCUT2D eigenvalue weighted by molar-refractivity contribution is 5.90. The molecule has 1 saturated heterocycles. The first-order valence-electron chi connectivity index (χ1n) is 10.1. The third kappa shape index (κ3) is 2.76. The van der Waals surface area contributed by atoms with E-state index in [1.165, 1.54) is 25.7 Å². The van der Waals surface area contributed by atoms with Gasteiger partial charge >= 0.3 is 0 Å². The Hall–Kier alpha value is -1.06. The molecule has 5 aliphatic rings. The summed E-state index contributed by atoms with van der Waals surface area (Å²) in [7, 11) is 0. The molecule has 1 aliphatic heterocycles. The SMILES string of the molecule is C[C@H](NC(=O)C12CC3CC(CC(C3)C1)C2)C(=O)N1CCCC[C@H]1C. The molecule has 0 aromatic rings. The first-order chi connectivity index (χ1) is 11.5. The molecule has 2 atom stereocenters. The summed E-state index contributed by atoms with van der Waals surface area (Å²) in [6.45, 7) is 4.85. The molecule has 4 bridgehead atoms. The minimum Gasteiger partial charge on any atom is -0.344 e. The van der Waals surface area contributed by atoms with Crippen molar-refractivity contribution in [2.75, 3.05) is 6.54 Å². The second kappa shape index (κ2) is 6.03. The lowest BCUT2D eigenvalue weighted by molar-refractivity contribution is -0.150. The highest BCUT2D eigenvalue weighted by Crippen LogP contribution is 2.60. The van der Waals surface area contributed by atoms with Gasteiger partial charge in [-0.2, -0.15) is 0 Å². The van der Waals surface area contributed by atoms with Gasteiger partial charge < -0.3 is 10.2 Å². The summed E-state index contributed by atoms with van der Waals surface area (Å²) in [4.78, 5) is 27.9. The average Bonchev–Trinajstić information content (AvgIpc) is 2.53. The molecule has 134 valence electrons. The van der Waals surface area contributed by atoms with Crippen molar-refractivity contribution in [1.29, 1.82) is 0 Å². The van der Waals surface area contributed by atoms with Crippen molar-refractivity contribution < 1.29 is 9.59 Å². The summed E-state index contributed by atoms with van der Waals surface area (Å²) in [5.41, 5.74) is -0.156.